The molecule has 112 valence electrons. The topological polar surface area (TPSA) is 60.9 Å². The molecule has 0 aromatic carbocycles. The zero-order valence-electron chi connectivity index (χ0n) is 11.1. The molecule has 2 aromatic rings. The van der Waals surface area contributed by atoms with Crippen molar-refractivity contribution in [2.75, 3.05) is 0 Å². The summed E-state index contributed by atoms with van der Waals surface area (Å²) in [4.78, 5) is 12.7. The molecular weight excluding hydrogens is 303 g/mol. The lowest BCUT2D eigenvalue weighted by Gasteiger charge is -2.17. The second-order valence-electron chi connectivity index (χ2n) is 5.00. The summed E-state index contributed by atoms with van der Waals surface area (Å²) in [5.41, 5.74) is 8.05. The Hall–Kier alpha value is -1.83. The van der Waals surface area contributed by atoms with Crippen LogP contribution in [0.2, 0.25) is 0 Å². The fourth-order valence-electron chi connectivity index (χ4n) is 2.78. The van der Waals surface area contributed by atoms with Crippen molar-refractivity contribution >= 4 is 17.2 Å². The number of fused-ring (bicyclic) bond motifs is 3. The van der Waals surface area contributed by atoms with Crippen molar-refractivity contribution in [3.8, 4) is 11.3 Å². The van der Waals surface area contributed by atoms with E-state index in [4.69, 9.17) is 5.73 Å². The first kappa shape index (κ1) is 14.1. The minimum absolute atomic E-state index is 0.438. The highest BCUT2D eigenvalue weighted by Crippen LogP contribution is 2.42. The molecule has 0 radical (unpaired) electrons. The van der Waals surface area contributed by atoms with Crippen molar-refractivity contribution in [3.63, 3.8) is 0 Å². The van der Waals surface area contributed by atoms with Crippen LogP contribution < -0.4 is 5.73 Å². The van der Waals surface area contributed by atoms with Crippen LogP contribution in [0.5, 0.6) is 0 Å². The number of nitrogens with two attached hydrogens (primary N) is 1. The van der Waals surface area contributed by atoms with Gasteiger partial charge in [-0.3, -0.25) is 9.48 Å². The quantitative estimate of drug-likeness (QED) is 0.926. The van der Waals surface area contributed by atoms with Crippen molar-refractivity contribution < 1.29 is 18.0 Å². The number of hydrogen-bond donors (Lipinski definition) is 1. The summed E-state index contributed by atoms with van der Waals surface area (Å²) in [5, 5.41) is 3.86. The average Bonchev–Trinajstić information content (AvgIpc) is 2.89. The first-order valence-electron chi connectivity index (χ1n) is 6.32. The zero-order chi connectivity index (χ0) is 15.4. The van der Waals surface area contributed by atoms with E-state index in [0.717, 1.165) is 20.7 Å². The molecule has 0 fully saturated rings. The number of amides is 1. The Labute approximate surface area is 122 Å². The molecule has 0 saturated carbocycles. The molecular formula is C13H12F3N3OS. The van der Waals surface area contributed by atoms with E-state index < -0.39 is 18.6 Å². The van der Waals surface area contributed by atoms with Gasteiger partial charge >= 0.3 is 6.18 Å². The first-order chi connectivity index (χ1) is 9.78. The van der Waals surface area contributed by atoms with E-state index in [-0.39, 0.29) is 0 Å². The molecule has 0 spiro atoms. The molecule has 0 saturated heterocycles. The molecule has 2 heterocycles. The molecule has 21 heavy (non-hydrogen) atoms. The number of hydrogen-bond acceptors (Lipinski definition) is 3. The van der Waals surface area contributed by atoms with Gasteiger partial charge in [0.25, 0.3) is 5.91 Å². The lowest BCUT2D eigenvalue weighted by Crippen LogP contribution is -2.20. The van der Waals surface area contributed by atoms with E-state index in [1.807, 2.05) is 0 Å². The van der Waals surface area contributed by atoms with Crippen LogP contribution in [0.4, 0.5) is 13.2 Å². The third-order valence-electron chi connectivity index (χ3n) is 3.53. The third-order valence-corrected chi connectivity index (χ3v) is 4.69. The summed E-state index contributed by atoms with van der Waals surface area (Å²) in [6.45, 7) is 0.652. The summed E-state index contributed by atoms with van der Waals surface area (Å²) in [6, 6.07) is 0. The van der Waals surface area contributed by atoms with Gasteiger partial charge in [-0.05, 0) is 30.9 Å². The van der Waals surface area contributed by atoms with Crippen molar-refractivity contribution in [1.29, 1.82) is 0 Å². The number of nitrogens with zero attached hydrogens (tertiary/aromatic N) is 2. The van der Waals surface area contributed by atoms with Crippen LogP contribution in [-0.4, -0.2) is 21.9 Å². The van der Waals surface area contributed by atoms with Crippen molar-refractivity contribution in [2.24, 2.45) is 5.73 Å². The first-order valence-corrected chi connectivity index (χ1v) is 7.13. The number of aromatic nitrogens is 2. The van der Waals surface area contributed by atoms with Crippen LogP contribution in [0.3, 0.4) is 0 Å². The van der Waals surface area contributed by atoms with Gasteiger partial charge in [0.15, 0.2) is 0 Å². The molecule has 1 aliphatic rings. The Balaban J connectivity index is 2.18. The minimum Gasteiger partial charge on any atom is -0.365 e. The van der Waals surface area contributed by atoms with Crippen LogP contribution in [0.1, 0.15) is 25.7 Å². The van der Waals surface area contributed by atoms with Crippen LogP contribution in [0, 0.1) is 6.92 Å². The van der Waals surface area contributed by atoms with Gasteiger partial charge in [0.05, 0.1) is 16.8 Å². The predicted octanol–water partition coefficient (Wildman–Crippen LogP) is 2.68. The number of carbonyl (C=O) groups excluding carboxylic acids is 1. The summed E-state index contributed by atoms with van der Waals surface area (Å²) in [7, 11) is 0. The van der Waals surface area contributed by atoms with Crippen LogP contribution in [-0.2, 0) is 19.4 Å². The number of rotatable bonds is 2. The summed E-state index contributed by atoms with van der Waals surface area (Å²) in [6.07, 6.45) is -1.70. The second-order valence-corrected chi connectivity index (χ2v) is 6.22. The van der Waals surface area contributed by atoms with Crippen LogP contribution >= 0.6 is 11.3 Å². The molecule has 4 nitrogen and oxygen atoms in total. The maximum absolute atomic E-state index is 12.7. The molecule has 1 aliphatic carbocycles. The molecule has 3 rings (SSSR count). The van der Waals surface area contributed by atoms with E-state index >= 15 is 0 Å². The average molecular weight is 315 g/mol. The standard InChI is InChI=1S/C13H12F3N3OS/c1-6-9-8(11(21-6)12(17)20)3-2-7-4-18-19(10(7)9)5-13(14,15)16/h4H,2-3,5H2,1H3,(H2,17,20). The normalized spacial score (nSPS) is 13.9. The fraction of sp³-hybridized carbons (Fsp3) is 0.385. The number of carbonyl (C=O) groups is 1. The number of primary amides is 1. The maximum atomic E-state index is 12.7. The van der Waals surface area contributed by atoms with Gasteiger partial charge in [0, 0.05) is 10.4 Å². The minimum atomic E-state index is -4.34. The lowest BCUT2D eigenvalue weighted by molar-refractivity contribution is -0.142. The number of alkyl halides is 3. The number of thiophene rings is 1. The van der Waals surface area contributed by atoms with Crippen LogP contribution in [0.25, 0.3) is 11.3 Å². The van der Waals surface area contributed by atoms with Gasteiger partial charge in [-0.1, -0.05) is 0 Å². The highest BCUT2D eigenvalue weighted by Gasteiger charge is 2.34. The van der Waals surface area contributed by atoms with Crippen LogP contribution in [0.15, 0.2) is 6.20 Å². The Morgan fingerprint density at radius 1 is 1.48 bits per heavy atom. The van der Waals surface area contributed by atoms with E-state index in [9.17, 15) is 18.0 Å². The highest BCUT2D eigenvalue weighted by molar-refractivity contribution is 7.14. The lowest BCUT2D eigenvalue weighted by atomic mass is 9.90. The molecule has 1 amide bonds. The van der Waals surface area contributed by atoms with Gasteiger partial charge in [-0.25, -0.2) is 0 Å². The summed E-state index contributed by atoms with van der Waals surface area (Å²) >= 11 is 1.24. The largest absolute Gasteiger partial charge is 0.408 e. The predicted molar refractivity (Wildman–Crippen MR) is 72.3 cm³/mol. The van der Waals surface area contributed by atoms with E-state index in [0.29, 0.717) is 29.0 Å². The molecule has 2 N–H and O–H groups in total. The molecule has 0 bridgehead atoms. The Kier molecular flexibility index (Phi) is 3.09. The van der Waals surface area contributed by atoms with Crippen molar-refractivity contribution in [2.45, 2.75) is 32.5 Å². The maximum Gasteiger partial charge on any atom is 0.408 e. The SMILES string of the molecule is Cc1sc(C(N)=O)c2c1-c1c(cnn1CC(F)(F)F)CC2. The molecule has 0 unspecified atom stereocenters. The third kappa shape index (κ3) is 2.33. The Morgan fingerprint density at radius 2 is 2.19 bits per heavy atom. The van der Waals surface area contributed by atoms with E-state index in [2.05, 4.69) is 5.10 Å². The summed E-state index contributed by atoms with van der Waals surface area (Å²) in [5.74, 6) is -0.533. The molecule has 8 heteroatoms. The van der Waals surface area contributed by atoms with E-state index in [1.165, 1.54) is 17.5 Å². The van der Waals surface area contributed by atoms with Gasteiger partial charge in [0.1, 0.15) is 6.54 Å². The molecule has 2 aromatic heterocycles. The molecule has 0 aliphatic heterocycles. The van der Waals surface area contributed by atoms with Gasteiger partial charge in [-0.15, -0.1) is 11.3 Å². The highest BCUT2D eigenvalue weighted by atomic mass is 32.1. The zero-order valence-corrected chi connectivity index (χ0v) is 11.9. The Bertz CT molecular complexity index is 730. The summed E-state index contributed by atoms with van der Waals surface area (Å²) < 4.78 is 39.0. The second kappa shape index (κ2) is 4.59. The number of halogens is 3. The van der Waals surface area contributed by atoms with Crippen molar-refractivity contribution in [3.05, 3.63) is 27.1 Å². The van der Waals surface area contributed by atoms with Gasteiger partial charge < -0.3 is 5.73 Å². The Morgan fingerprint density at radius 3 is 2.81 bits per heavy atom. The van der Waals surface area contributed by atoms with Gasteiger partial charge in [0.2, 0.25) is 0 Å². The van der Waals surface area contributed by atoms with E-state index in [1.54, 1.807) is 6.92 Å². The monoisotopic (exact) mass is 315 g/mol. The van der Waals surface area contributed by atoms with Gasteiger partial charge in [-0.2, -0.15) is 18.3 Å². The van der Waals surface area contributed by atoms with Crippen molar-refractivity contribution in [1.82, 2.24) is 9.78 Å². The molecule has 0 atom stereocenters. The number of aryl methyl sites for hydroxylation is 2. The fourth-order valence-corrected chi connectivity index (χ4v) is 3.84. The smallest absolute Gasteiger partial charge is 0.365 e.